The minimum absolute atomic E-state index is 0.111. The van der Waals surface area contributed by atoms with Gasteiger partial charge in [-0.1, -0.05) is 65.1 Å². The van der Waals surface area contributed by atoms with Gasteiger partial charge >= 0.3 is 0 Å². The summed E-state index contributed by atoms with van der Waals surface area (Å²) in [5.74, 6) is 0. The predicted octanol–water partition coefficient (Wildman–Crippen LogP) is 6.44. The molecule has 0 spiro atoms. The highest BCUT2D eigenvalue weighted by Crippen LogP contribution is 2.46. The van der Waals surface area contributed by atoms with Gasteiger partial charge in [-0.15, -0.1) is 0 Å². The minimum Gasteiger partial charge on any atom is -0.392 e. The molecule has 0 aromatic heterocycles. The highest BCUT2D eigenvalue weighted by atomic mass is 35.5. The van der Waals surface area contributed by atoms with Gasteiger partial charge in [0.2, 0.25) is 10.0 Å². The standard InChI is InChI=1S/C24H20Cl3NO3S/c25-19-8-10-22(11-9-19)32(30,31)28-23(16-3-1-5-20(26)13-16)12-7-18(15-29)24(28)17-4-2-6-21(27)14-17/h1-11,13-14,23-24,29H,12,15H2/t23-,24-/m0/s1. The van der Waals surface area contributed by atoms with Crippen LogP contribution in [0.1, 0.15) is 29.6 Å². The molecule has 8 heteroatoms. The Labute approximate surface area is 202 Å². The van der Waals surface area contributed by atoms with Crippen molar-refractivity contribution in [2.45, 2.75) is 23.4 Å². The van der Waals surface area contributed by atoms with Crippen LogP contribution in [-0.2, 0) is 10.0 Å². The van der Waals surface area contributed by atoms with Gasteiger partial charge in [-0.2, -0.15) is 4.31 Å². The molecule has 0 fully saturated rings. The van der Waals surface area contributed by atoms with Gasteiger partial charge in [-0.05, 0) is 71.7 Å². The van der Waals surface area contributed by atoms with Gasteiger partial charge in [0.05, 0.1) is 23.6 Å². The average Bonchev–Trinajstić information content (AvgIpc) is 2.78. The van der Waals surface area contributed by atoms with Crippen LogP contribution in [0.2, 0.25) is 15.1 Å². The molecule has 2 atom stereocenters. The summed E-state index contributed by atoms with van der Waals surface area (Å²) in [4.78, 5) is 0.111. The number of aliphatic hydroxyl groups is 1. The van der Waals surface area contributed by atoms with Crippen LogP contribution in [0.15, 0.2) is 89.3 Å². The Bertz CT molecular complexity index is 1260. The first-order valence-corrected chi connectivity index (χ1v) is 12.5. The van der Waals surface area contributed by atoms with E-state index in [1.165, 1.54) is 16.4 Å². The molecule has 0 amide bonds. The van der Waals surface area contributed by atoms with Gasteiger partial charge in [0, 0.05) is 15.1 Å². The van der Waals surface area contributed by atoms with Gasteiger partial charge in [-0.25, -0.2) is 8.42 Å². The van der Waals surface area contributed by atoms with E-state index >= 15 is 0 Å². The molecule has 4 rings (SSSR count). The highest BCUT2D eigenvalue weighted by Gasteiger charge is 2.42. The summed E-state index contributed by atoms with van der Waals surface area (Å²) in [5.41, 5.74) is 2.01. The van der Waals surface area contributed by atoms with E-state index in [4.69, 9.17) is 34.8 Å². The molecule has 0 radical (unpaired) electrons. The predicted molar refractivity (Wildman–Crippen MR) is 129 cm³/mol. The maximum atomic E-state index is 14.0. The Hall–Kier alpha value is -1.86. The molecule has 0 saturated carbocycles. The van der Waals surface area contributed by atoms with Gasteiger partial charge in [0.25, 0.3) is 0 Å². The fourth-order valence-electron chi connectivity index (χ4n) is 4.04. The molecule has 0 bridgehead atoms. The lowest BCUT2D eigenvalue weighted by atomic mass is 9.90. The number of benzene rings is 3. The Morgan fingerprint density at radius 3 is 2.03 bits per heavy atom. The largest absolute Gasteiger partial charge is 0.392 e. The van der Waals surface area contributed by atoms with E-state index in [-0.39, 0.29) is 11.5 Å². The minimum atomic E-state index is -4.01. The van der Waals surface area contributed by atoms with Gasteiger partial charge in [0.15, 0.2) is 0 Å². The van der Waals surface area contributed by atoms with Crippen molar-refractivity contribution in [1.29, 1.82) is 0 Å². The second kappa shape index (κ2) is 9.56. The van der Waals surface area contributed by atoms with E-state index in [0.29, 0.717) is 32.6 Å². The molecule has 4 nitrogen and oxygen atoms in total. The number of sulfonamides is 1. The van der Waals surface area contributed by atoms with Crippen molar-refractivity contribution in [2.75, 3.05) is 6.61 Å². The summed E-state index contributed by atoms with van der Waals surface area (Å²) in [6.45, 7) is -0.286. The molecule has 166 valence electrons. The smallest absolute Gasteiger partial charge is 0.244 e. The Balaban J connectivity index is 1.95. The third-order valence-electron chi connectivity index (χ3n) is 5.49. The SMILES string of the molecule is O=S(=O)(c1ccc(Cl)cc1)N1[C@@H](c2cccc(Cl)c2)C(CO)=CC[C@H]1c1cccc(Cl)c1. The first kappa shape index (κ1) is 23.3. The Kier molecular flexibility index (Phi) is 6.96. The van der Waals surface area contributed by atoms with Crippen molar-refractivity contribution in [3.63, 3.8) is 0 Å². The monoisotopic (exact) mass is 507 g/mol. The topological polar surface area (TPSA) is 57.6 Å². The molecule has 3 aromatic carbocycles. The zero-order chi connectivity index (χ0) is 22.9. The van der Waals surface area contributed by atoms with E-state index < -0.39 is 22.1 Å². The van der Waals surface area contributed by atoms with Crippen LogP contribution in [0.4, 0.5) is 0 Å². The van der Waals surface area contributed by atoms with Crippen LogP contribution in [-0.4, -0.2) is 24.4 Å². The summed E-state index contributed by atoms with van der Waals surface area (Å²) >= 11 is 18.5. The van der Waals surface area contributed by atoms with Gasteiger partial charge in [-0.3, -0.25) is 0 Å². The van der Waals surface area contributed by atoms with E-state index in [9.17, 15) is 13.5 Å². The summed E-state index contributed by atoms with van der Waals surface area (Å²) in [5, 5.41) is 11.6. The number of halogens is 3. The van der Waals surface area contributed by atoms with Crippen molar-refractivity contribution in [3.05, 3.63) is 111 Å². The molecule has 0 aliphatic carbocycles. The number of rotatable bonds is 5. The van der Waals surface area contributed by atoms with Crippen molar-refractivity contribution < 1.29 is 13.5 Å². The van der Waals surface area contributed by atoms with Gasteiger partial charge < -0.3 is 5.11 Å². The lowest BCUT2D eigenvalue weighted by Gasteiger charge is -2.41. The summed E-state index contributed by atoms with van der Waals surface area (Å²) in [7, 11) is -4.01. The molecule has 0 unspecified atom stereocenters. The zero-order valence-corrected chi connectivity index (χ0v) is 19.9. The lowest BCUT2D eigenvalue weighted by Crippen LogP contribution is -2.41. The molecule has 0 saturated heterocycles. The van der Waals surface area contributed by atoms with Gasteiger partial charge in [0.1, 0.15) is 0 Å². The van der Waals surface area contributed by atoms with Crippen LogP contribution in [0.3, 0.4) is 0 Å². The maximum absolute atomic E-state index is 14.0. The molecule has 1 heterocycles. The first-order chi connectivity index (χ1) is 15.3. The van der Waals surface area contributed by atoms with E-state index in [2.05, 4.69) is 0 Å². The van der Waals surface area contributed by atoms with E-state index in [0.717, 1.165) is 5.56 Å². The second-order valence-electron chi connectivity index (χ2n) is 7.49. The van der Waals surface area contributed by atoms with Crippen molar-refractivity contribution >= 4 is 44.8 Å². The number of aliphatic hydroxyl groups excluding tert-OH is 1. The summed E-state index contributed by atoms with van der Waals surface area (Å²) in [6.07, 6.45) is 2.28. The normalized spacial score (nSPS) is 19.6. The molecule has 1 aliphatic heterocycles. The second-order valence-corrected chi connectivity index (χ2v) is 10.6. The third kappa shape index (κ3) is 4.60. The Morgan fingerprint density at radius 1 is 0.844 bits per heavy atom. The summed E-state index contributed by atoms with van der Waals surface area (Å²) in [6, 6.07) is 19.0. The molecule has 1 N–H and O–H groups in total. The van der Waals surface area contributed by atoms with E-state index in [1.54, 1.807) is 48.5 Å². The fraction of sp³-hybridized carbons (Fsp3) is 0.167. The average molecular weight is 509 g/mol. The van der Waals surface area contributed by atoms with Crippen molar-refractivity contribution in [1.82, 2.24) is 4.31 Å². The molecular formula is C24H20Cl3NO3S. The van der Waals surface area contributed by atoms with Crippen LogP contribution >= 0.6 is 34.8 Å². The molecule has 1 aliphatic rings. The first-order valence-electron chi connectivity index (χ1n) is 9.91. The molecule has 32 heavy (non-hydrogen) atoms. The summed E-state index contributed by atoms with van der Waals surface area (Å²) < 4.78 is 29.5. The van der Waals surface area contributed by atoms with Crippen molar-refractivity contribution in [3.8, 4) is 0 Å². The van der Waals surface area contributed by atoms with Crippen LogP contribution in [0.5, 0.6) is 0 Å². The number of nitrogens with zero attached hydrogens (tertiary/aromatic N) is 1. The quantitative estimate of drug-likeness (QED) is 0.403. The maximum Gasteiger partial charge on any atom is 0.244 e. The Morgan fingerprint density at radius 2 is 1.44 bits per heavy atom. The van der Waals surface area contributed by atoms with E-state index in [1.807, 2.05) is 18.2 Å². The lowest BCUT2D eigenvalue weighted by molar-refractivity contribution is 0.230. The third-order valence-corrected chi connectivity index (χ3v) is 8.10. The fourth-order valence-corrected chi connectivity index (χ4v) is 6.37. The number of hydrogen-bond acceptors (Lipinski definition) is 3. The molecule has 3 aromatic rings. The van der Waals surface area contributed by atoms with Crippen LogP contribution in [0, 0.1) is 0 Å². The van der Waals surface area contributed by atoms with Crippen LogP contribution < -0.4 is 0 Å². The zero-order valence-electron chi connectivity index (χ0n) is 16.8. The van der Waals surface area contributed by atoms with Crippen molar-refractivity contribution in [2.24, 2.45) is 0 Å². The highest BCUT2D eigenvalue weighted by molar-refractivity contribution is 7.89. The van der Waals surface area contributed by atoms with Crippen LogP contribution in [0.25, 0.3) is 0 Å². The number of hydrogen-bond donors (Lipinski definition) is 1. The molecular weight excluding hydrogens is 489 g/mol.